The first kappa shape index (κ1) is 30.4. The van der Waals surface area contributed by atoms with Crippen LogP contribution >= 0.6 is 0 Å². The molecule has 41 heavy (non-hydrogen) atoms. The topological polar surface area (TPSA) is 185 Å². The van der Waals surface area contributed by atoms with Crippen molar-refractivity contribution in [2.24, 2.45) is 0 Å². The summed E-state index contributed by atoms with van der Waals surface area (Å²) in [5, 5.41) is 37.1. The van der Waals surface area contributed by atoms with Gasteiger partial charge in [-0.05, 0) is 30.2 Å². The van der Waals surface area contributed by atoms with Gasteiger partial charge in [0.05, 0.1) is 24.0 Å². The number of carboxylic acid groups (broad SMARTS) is 1. The van der Waals surface area contributed by atoms with Crippen molar-refractivity contribution in [3.05, 3.63) is 112 Å². The molecule has 214 valence electrons. The average Bonchev–Trinajstić information content (AvgIpc) is 2.98. The maximum Gasteiger partial charge on any atom is 0.326 e. The van der Waals surface area contributed by atoms with E-state index >= 15 is 0 Å². The Morgan fingerprint density at radius 3 is 2.00 bits per heavy atom. The molecule has 4 N–H and O–H groups in total. The van der Waals surface area contributed by atoms with Gasteiger partial charge in [0.2, 0.25) is 0 Å². The van der Waals surface area contributed by atoms with Crippen molar-refractivity contribution in [3.8, 4) is 0 Å². The van der Waals surface area contributed by atoms with Crippen LogP contribution in [-0.4, -0.2) is 57.6 Å². The fourth-order valence-corrected chi connectivity index (χ4v) is 4.21. The fourth-order valence-electron chi connectivity index (χ4n) is 4.21. The van der Waals surface area contributed by atoms with Crippen LogP contribution in [0.2, 0.25) is 0 Å². The van der Waals surface area contributed by atoms with Crippen LogP contribution in [0.5, 0.6) is 0 Å². The van der Waals surface area contributed by atoms with Gasteiger partial charge in [-0.25, -0.2) is 4.79 Å². The molecule has 2 amide bonds. The number of hydrogen-bond acceptors (Lipinski definition) is 8. The largest absolute Gasteiger partial charge is 0.480 e. The molecule has 0 bridgehead atoms. The zero-order valence-corrected chi connectivity index (χ0v) is 22.0. The van der Waals surface area contributed by atoms with Crippen LogP contribution in [-0.2, 0) is 19.1 Å². The monoisotopic (exact) mass is 563 g/mol. The minimum atomic E-state index is -1.94. The summed E-state index contributed by atoms with van der Waals surface area (Å²) >= 11 is 0. The number of carbonyl (C=O) groups excluding carboxylic acids is 3. The van der Waals surface area contributed by atoms with E-state index in [1.807, 2.05) is 0 Å². The fraction of sp³-hybridized carbons (Fsp3) is 0.241. The van der Waals surface area contributed by atoms with Crippen LogP contribution in [0.3, 0.4) is 0 Å². The van der Waals surface area contributed by atoms with Crippen molar-refractivity contribution >= 4 is 29.4 Å². The minimum absolute atomic E-state index is 0.0223. The number of rotatable bonds is 13. The number of nitrogens with zero attached hydrogens (tertiary/aromatic N) is 1. The summed E-state index contributed by atoms with van der Waals surface area (Å²) in [6.07, 6.45) is -2.42. The lowest BCUT2D eigenvalue weighted by Gasteiger charge is -2.28. The number of carboxylic acids is 1. The second-order valence-electron chi connectivity index (χ2n) is 8.96. The third-order valence-electron chi connectivity index (χ3n) is 6.26. The van der Waals surface area contributed by atoms with Crippen LogP contribution in [0.15, 0.2) is 84.9 Å². The summed E-state index contributed by atoms with van der Waals surface area (Å²) in [5.74, 6) is -5.20. The molecule has 0 heterocycles. The molecule has 0 saturated carbocycles. The molecular weight excluding hydrogens is 534 g/mol. The molecule has 0 aromatic heterocycles. The van der Waals surface area contributed by atoms with E-state index in [4.69, 9.17) is 4.74 Å². The number of esters is 1. The first-order valence-electron chi connectivity index (χ1n) is 12.6. The molecule has 0 radical (unpaired) electrons. The van der Waals surface area contributed by atoms with E-state index < -0.39 is 59.2 Å². The predicted molar refractivity (Wildman–Crippen MR) is 146 cm³/mol. The number of amides is 2. The highest BCUT2D eigenvalue weighted by atomic mass is 16.6. The quantitative estimate of drug-likeness (QED) is 0.138. The highest BCUT2D eigenvalue weighted by Gasteiger charge is 2.37. The van der Waals surface area contributed by atoms with E-state index in [0.29, 0.717) is 5.56 Å². The van der Waals surface area contributed by atoms with Crippen molar-refractivity contribution < 1.29 is 39.1 Å². The first-order chi connectivity index (χ1) is 19.6. The SMILES string of the molecule is CCOC(=O)C[C@@H](c1ccc([N+](=O)[O-])cc1)[C@H](NC(=O)[C@H](O)[C@@H](NC(=O)c1ccccc1)c1ccccc1)C(=O)O. The summed E-state index contributed by atoms with van der Waals surface area (Å²) in [7, 11) is 0. The lowest BCUT2D eigenvalue weighted by atomic mass is 9.87. The van der Waals surface area contributed by atoms with E-state index in [1.54, 1.807) is 67.6 Å². The number of nitrogens with one attached hydrogen (secondary N) is 2. The van der Waals surface area contributed by atoms with Gasteiger partial charge in [0, 0.05) is 23.6 Å². The molecule has 0 fully saturated rings. The highest BCUT2D eigenvalue weighted by molar-refractivity contribution is 5.95. The smallest absolute Gasteiger partial charge is 0.326 e. The Morgan fingerprint density at radius 1 is 0.878 bits per heavy atom. The molecule has 3 aromatic carbocycles. The van der Waals surface area contributed by atoms with Gasteiger partial charge in [0.1, 0.15) is 6.04 Å². The predicted octanol–water partition coefficient (Wildman–Crippen LogP) is 2.73. The number of non-ortho nitro benzene ring substituents is 1. The lowest BCUT2D eigenvalue weighted by molar-refractivity contribution is -0.384. The molecule has 12 heteroatoms. The molecule has 4 atom stereocenters. The number of nitro benzene ring substituents is 1. The Kier molecular flexibility index (Phi) is 10.6. The molecule has 3 rings (SSSR count). The Hall–Kier alpha value is -5.10. The summed E-state index contributed by atoms with van der Waals surface area (Å²) in [4.78, 5) is 61.4. The Morgan fingerprint density at radius 2 is 1.46 bits per heavy atom. The van der Waals surface area contributed by atoms with Crippen LogP contribution in [0.25, 0.3) is 0 Å². The minimum Gasteiger partial charge on any atom is -0.480 e. The maximum absolute atomic E-state index is 13.3. The zero-order chi connectivity index (χ0) is 29.9. The van der Waals surface area contributed by atoms with Gasteiger partial charge in [0.25, 0.3) is 17.5 Å². The number of nitro groups is 1. The Balaban J connectivity index is 1.91. The van der Waals surface area contributed by atoms with Crippen LogP contribution in [0.4, 0.5) is 5.69 Å². The van der Waals surface area contributed by atoms with Gasteiger partial charge in [-0.3, -0.25) is 24.5 Å². The van der Waals surface area contributed by atoms with E-state index in [9.17, 15) is 39.5 Å². The van der Waals surface area contributed by atoms with E-state index in [1.165, 1.54) is 12.1 Å². The number of hydrogen-bond donors (Lipinski definition) is 4. The molecule has 0 aliphatic rings. The van der Waals surface area contributed by atoms with Crippen LogP contribution < -0.4 is 10.6 Å². The lowest BCUT2D eigenvalue weighted by Crippen LogP contribution is -2.52. The summed E-state index contributed by atoms with van der Waals surface area (Å²) in [6.45, 7) is 1.59. The molecule has 0 saturated heterocycles. The van der Waals surface area contributed by atoms with E-state index in [0.717, 1.165) is 12.1 Å². The van der Waals surface area contributed by atoms with E-state index in [2.05, 4.69) is 10.6 Å². The Bertz CT molecular complexity index is 1370. The number of aliphatic hydroxyl groups excluding tert-OH is 1. The zero-order valence-electron chi connectivity index (χ0n) is 22.0. The standard InChI is InChI=1S/C29H29N3O9/c1-2-41-23(33)17-22(18-13-15-21(16-14-18)32(39)40)25(29(37)38)31-28(36)26(34)24(19-9-5-3-6-10-19)30-27(35)20-11-7-4-8-12-20/h3-16,22,24-26,34H,2,17H2,1H3,(H,30,35)(H,31,36)(H,37,38)/t22-,24-,25-,26+/m0/s1. The third kappa shape index (κ3) is 8.19. The van der Waals surface area contributed by atoms with Crippen molar-refractivity contribution in [1.82, 2.24) is 10.6 Å². The molecule has 0 spiro atoms. The van der Waals surface area contributed by atoms with Gasteiger partial charge < -0.3 is 25.6 Å². The number of aliphatic carboxylic acids is 1. The summed E-state index contributed by atoms with van der Waals surface area (Å²) in [5.41, 5.74) is 0.611. The van der Waals surface area contributed by atoms with Crippen molar-refractivity contribution in [1.29, 1.82) is 0 Å². The second-order valence-corrected chi connectivity index (χ2v) is 8.96. The number of ether oxygens (including phenoxy) is 1. The highest BCUT2D eigenvalue weighted by Crippen LogP contribution is 2.28. The van der Waals surface area contributed by atoms with Crippen molar-refractivity contribution in [3.63, 3.8) is 0 Å². The van der Waals surface area contributed by atoms with Crippen LogP contribution in [0.1, 0.15) is 46.8 Å². The van der Waals surface area contributed by atoms with Gasteiger partial charge in [-0.2, -0.15) is 0 Å². The number of carbonyl (C=O) groups is 4. The van der Waals surface area contributed by atoms with Gasteiger partial charge in [-0.15, -0.1) is 0 Å². The van der Waals surface area contributed by atoms with Crippen LogP contribution in [0, 0.1) is 10.1 Å². The van der Waals surface area contributed by atoms with E-state index in [-0.39, 0.29) is 23.4 Å². The first-order valence-corrected chi connectivity index (χ1v) is 12.6. The molecule has 0 aliphatic carbocycles. The molecule has 0 aliphatic heterocycles. The summed E-state index contributed by atoms with van der Waals surface area (Å²) in [6, 6.07) is 18.1. The van der Waals surface area contributed by atoms with Gasteiger partial charge in [0.15, 0.2) is 6.10 Å². The maximum atomic E-state index is 13.3. The van der Waals surface area contributed by atoms with Gasteiger partial charge in [-0.1, -0.05) is 60.7 Å². The summed E-state index contributed by atoms with van der Waals surface area (Å²) < 4.78 is 4.97. The third-order valence-corrected chi connectivity index (χ3v) is 6.26. The molecule has 12 nitrogen and oxygen atoms in total. The molecule has 3 aromatic rings. The molecular formula is C29H29N3O9. The second kappa shape index (κ2) is 14.3. The molecule has 0 unspecified atom stereocenters. The number of benzene rings is 3. The van der Waals surface area contributed by atoms with Crippen molar-refractivity contribution in [2.45, 2.75) is 37.5 Å². The van der Waals surface area contributed by atoms with Gasteiger partial charge >= 0.3 is 11.9 Å². The normalized spacial score (nSPS) is 13.6. The van der Waals surface area contributed by atoms with Crippen molar-refractivity contribution in [2.75, 3.05) is 6.61 Å². The number of aliphatic hydroxyl groups is 1. The average molecular weight is 564 g/mol. The Labute approximate surface area is 235 Å².